The van der Waals surface area contributed by atoms with Gasteiger partial charge in [0.25, 0.3) is 0 Å². The second-order valence-electron chi connectivity index (χ2n) is 4.78. The first-order valence-electron chi connectivity index (χ1n) is 6.42. The monoisotopic (exact) mass is 323 g/mol. The van der Waals surface area contributed by atoms with E-state index in [1.165, 1.54) is 28.4 Å². The van der Waals surface area contributed by atoms with Gasteiger partial charge in [-0.25, -0.2) is 4.39 Å². The molecule has 0 N–H and O–H groups in total. The number of ketones is 1. The molecule has 1 aliphatic heterocycles. The van der Waals surface area contributed by atoms with Crippen LogP contribution in [-0.2, 0) is 11.2 Å². The first kappa shape index (κ1) is 14.2. The number of rotatable bonds is 3. The lowest BCUT2D eigenvalue weighted by Gasteiger charge is -2.28. The van der Waals surface area contributed by atoms with E-state index in [0.29, 0.717) is 21.3 Å². The van der Waals surface area contributed by atoms with Gasteiger partial charge in [0, 0.05) is 12.1 Å². The minimum Gasteiger partial charge on any atom is -0.304 e. The smallest absolute Gasteiger partial charge is 0.227 e. The van der Waals surface area contributed by atoms with E-state index in [4.69, 9.17) is 11.6 Å². The summed E-state index contributed by atoms with van der Waals surface area (Å²) in [5.74, 6) is -0.623. The normalized spacial score (nSPS) is 14.2. The molecule has 0 unspecified atom stereocenters. The van der Waals surface area contributed by atoms with E-state index < -0.39 is 0 Å². The maximum atomic E-state index is 13.3. The van der Waals surface area contributed by atoms with Crippen LogP contribution in [0.5, 0.6) is 0 Å². The Kier molecular flexibility index (Phi) is 3.78. The molecule has 1 amide bonds. The summed E-state index contributed by atoms with van der Waals surface area (Å²) in [4.78, 5) is 26.2. The lowest BCUT2D eigenvalue weighted by molar-refractivity contribution is -0.118. The fraction of sp³-hybridized carbons (Fsp3) is 0.200. The highest BCUT2D eigenvalue weighted by Gasteiger charge is 2.26. The molecular formula is C15H11ClFNO2S. The van der Waals surface area contributed by atoms with E-state index in [9.17, 15) is 14.0 Å². The van der Waals surface area contributed by atoms with Crippen molar-refractivity contribution in [2.45, 2.75) is 12.8 Å². The minimum atomic E-state index is -0.334. The van der Waals surface area contributed by atoms with Gasteiger partial charge in [-0.1, -0.05) is 11.6 Å². The van der Waals surface area contributed by atoms with Crippen LogP contribution < -0.4 is 4.90 Å². The van der Waals surface area contributed by atoms with Gasteiger partial charge in [-0.05, 0) is 42.3 Å². The number of aryl methyl sites for hydroxylation is 1. The van der Waals surface area contributed by atoms with Crippen LogP contribution in [0.4, 0.5) is 10.1 Å². The van der Waals surface area contributed by atoms with Gasteiger partial charge in [0.05, 0.1) is 15.8 Å². The third kappa shape index (κ3) is 2.84. The number of carbonyl (C=O) groups excluding carboxylic acids is 2. The van der Waals surface area contributed by atoms with Gasteiger partial charge in [0.1, 0.15) is 5.82 Å². The second kappa shape index (κ2) is 5.58. The maximum Gasteiger partial charge on any atom is 0.227 e. The van der Waals surface area contributed by atoms with E-state index in [2.05, 4.69) is 0 Å². The number of hydrogen-bond donors (Lipinski definition) is 0. The summed E-state index contributed by atoms with van der Waals surface area (Å²) in [6.45, 7) is -0.0473. The van der Waals surface area contributed by atoms with Gasteiger partial charge in [-0.3, -0.25) is 9.59 Å². The summed E-state index contributed by atoms with van der Waals surface area (Å²) < 4.78 is 13.8. The van der Waals surface area contributed by atoms with Crippen molar-refractivity contribution in [2.75, 3.05) is 11.4 Å². The molecule has 0 aliphatic carbocycles. The average Bonchev–Trinajstić information content (AvgIpc) is 2.88. The molecule has 1 aromatic carbocycles. The highest BCUT2D eigenvalue weighted by atomic mass is 35.5. The van der Waals surface area contributed by atoms with E-state index in [-0.39, 0.29) is 30.5 Å². The lowest BCUT2D eigenvalue weighted by atomic mass is 10.0. The molecule has 0 spiro atoms. The van der Waals surface area contributed by atoms with Gasteiger partial charge >= 0.3 is 0 Å². The number of amides is 1. The Morgan fingerprint density at radius 3 is 2.81 bits per heavy atom. The molecule has 21 heavy (non-hydrogen) atoms. The maximum absolute atomic E-state index is 13.3. The van der Waals surface area contributed by atoms with Crippen molar-refractivity contribution in [2.24, 2.45) is 0 Å². The molecule has 3 nitrogen and oxygen atoms in total. The van der Waals surface area contributed by atoms with Crippen molar-refractivity contribution < 1.29 is 14.0 Å². The molecule has 0 saturated heterocycles. The number of anilines is 1. The first-order valence-corrected chi connectivity index (χ1v) is 7.61. The van der Waals surface area contributed by atoms with Crippen LogP contribution in [-0.4, -0.2) is 18.2 Å². The highest BCUT2D eigenvalue weighted by Crippen LogP contribution is 2.29. The number of thiophene rings is 1. The van der Waals surface area contributed by atoms with Gasteiger partial charge in [-0.15, -0.1) is 11.3 Å². The number of Topliss-reactive ketones (excluding diaryl/α,β-unsaturated/α-hetero) is 1. The lowest BCUT2D eigenvalue weighted by Crippen LogP contribution is -2.38. The number of benzene rings is 1. The van der Waals surface area contributed by atoms with E-state index in [1.807, 2.05) is 0 Å². The zero-order chi connectivity index (χ0) is 15.0. The SMILES string of the molecule is O=C(CN1C(=O)CCc2cc(F)ccc21)c1ccc(Cl)s1. The third-order valence-corrected chi connectivity index (χ3v) is 4.66. The molecule has 0 atom stereocenters. The average molecular weight is 324 g/mol. The fourth-order valence-electron chi connectivity index (χ4n) is 2.39. The Morgan fingerprint density at radius 2 is 2.10 bits per heavy atom. The Balaban J connectivity index is 1.88. The molecule has 1 aliphatic rings. The molecule has 1 aromatic heterocycles. The zero-order valence-corrected chi connectivity index (χ0v) is 12.5. The first-order chi connectivity index (χ1) is 10.0. The fourth-order valence-corrected chi connectivity index (χ4v) is 3.36. The largest absolute Gasteiger partial charge is 0.304 e. The molecule has 0 fully saturated rings. The van der Waals surface area contributed by atoms with Crippen LogP contribution in [0.1, 0.15) is 21.7 Å². The second-order valence-corrected chi connectivity index (χ2v) is 6.49. The van der Waals surface area contributed by atoms with Crippen molar-refractivity contribution in [3.8, 4) is 0 Å². The molecule has 0 bridgehead atoms. The van der Waals surface area contributed by atoms with Crippen molar-refractivity contribution in [1.82, 2.24) is 0 Å². The van der Waals surface area contributed by atoms with E-state index in [1.54, 1.807) is 18.2 Å². The van der Waals surface area contributed by atoms with Gasteiger partial charge in [0.15, 0.2) is 5.78 Å². The van der Waals surface area contributed by atoms with Crippen molar-refractivity contribution in [1.29, 1.82) is 0 Å². The van der Waals surface area contributed by atoms with Crippen LogP contribution >= 0.6 is 22.9 Å². The summed E-state index contributed by atoms with van der Waals surface area (Å²) in [7, 11) is 0. The third-order valence-electron chi connectivity index (χ3n) is 3.39. The highest BCUT2D eigenvalue weighted by molar-refractivity contribution is 7.18. The van der Waals surface area contributed by atoms with Crippen molar-refractivity contribution >= 4 is 40.3 Å². The minimum absolute atomic E-state index is 0.0473. The van der Waals surface area contributed by atoms with E-state index in [0.717, 1.165) is 5.56 Å². The zero-order valence-electron chi connectivity index (χ0n) is 10.9. The number of nitrogens with zero attached hydrogens (tertiary/aromatic N) is 1. The summed E-state index contributed by atoms with van der Waals surface area (Å²) in [6.07, 6.45) is 0.788. The number of fused-ring (bicyclic) bond motifs is 1. The van der Waals surface area contributed by atoms with Crippen LogP contribution in [0.3, 0.4) is 0 Å². The number of hydrogen-bond acceptors (Lipinski definition) is 3. The Bertz CT molecular complexity index is 728. The Hall–Kier alpha value is -1.72. The van der Waals surface area contributed by atoms with Gasteiger partial charge < -0.3 is 4.90 Å². The summed E-state index contributed by atoms with van der Waals surface area (Å²) >= 11 is 7.01. The van der Waals surface area contributed by atoms with Crippen molar-refractivity contribution in [3.63, 3.8) is 0 Å². The number of carbonyl (C=O) groups is 2. The van der Waals surface area contributed by atoms with E-state index >= 15 is 0 Å². The summed E-state index contributed by atoms with van der Waals surface area (Å²) in [5, 5.41) is 0. The molecule has 2 aromatic rings. The van der Waals surface area contributed by atoms with Crippen LogP contribution in [0.25, 0.3) is 0 Å². The molecular weight excluding hydrogens is 313 g/mol. The summed E-state index contributed by atoms with van der Waals surface area (Å²) in [5.41, 5.74) is 1.37. The Labute approximate surface area is 129 Å². The molecule has 3 rings (SSSR count). The molecule has 0 radical (unpaired) electrons. The topological polar surface area (TPSA) is 37.4 Å². The quantitative estimate of drug-likeness (QED) is 0.808. The van der Waals surface area contributed by atoms with Crippen molar-refractivity contribution in [3.05, 3.63) is 50.9 Å². The van der Waals surface area contributed by atoms with Crippen LogP contribution in [0.15, 0.2) is 30.3 Å². The van der Waals surface area contributed by atoms with Crippen LogP contribution in [0.2, 0.25) is 4.34 Å². The van der Waals surface area contributed by atoms with Gasteiger partial charge in [0.2, 0.25) is 5.91 Å². The standard InChI is InChI=1S/C15H11ClFNO2S/c16-14-5-4-13(21-14)12(19)8-18-11-3-2-10(17)7-9(11)1-6-15(18)20/h2-5,7H,1,6,8H2. The molecule has 6 heteroatoms. The van der Waals surface area contributed by atoms with Crippen LogP contribution in [0, 0.1) is 5.82 Å². The molecule has 2 heterocycles. The predicted molar refractivity (Wildman–Crippen MR) is 80.7 cm³/mol. The molecule has 0 saturated carbocycles. The molecule has 108 valence electrons. The predicted octanol–water partition coefficient (Wildman–Crippen LogP) is 3.70. The van der Waals surface area contributed by atoms with Gasteiger partial charge in [-0.2, -0.15) is 0 Å². The Morgan fingerprint density at radius 1 is 1.29 bits per heavy atom. The number of halogens is 2. The summed E-state index contributed by atoms with van der Waals surface area (Å²) in [6, 6.07) is 7.57.